The van der Waals surface area contributed by atoms with Crippen molar-refractivity contribution in [2.45, 2.75) is 44.7 Å². The third kappa shape index (κ3) is 5.33. The monoisotopic (exact) mass is 434 g/mol. The Hall–Kier alpha value is -3.22. The molecule has 2 aromatic rings. The molecule has 3 amide bonds. The number of hydrogen-bond donors (Lipinski definition) is 1. The first-order chi connectivity index (χ1) is 15.6. The third-order valence-corrected chi connectivity index (χ3v) is 6.42. The van der Waals surface area contributed by atoms with E-state index in [0.29, 0.717) is 51.9 Å². The van der Waals surface area contributed by atoms with E-state index in [1.807, 2.05) is 47.4 Å². The highest BCUT2D eigenvalue weighted by Crippen LogP contribution is 2.24. The maximum Gasteiger partial charge on any atom is 0.245 e. The molecule has 32 heavy (non-hydrogen) atoms. The molecule has 1 aromatic carbocycles. The number of carbonyl (C=O) groups is 3. The van der Waals surface area contributed by atoms with E-state index in [-0.39, 0.29) is 29.7 Å². The van der Waals surface area contributed by atoms with E-state index >= 15 is 0 Å². The van der Waals surface area contributed by atoms with Crippen LogP contribution < -0.4 is 5.32 Å². The first kappa shape index (κ1) is 22.0. The van der Waals surface area contributed by atoms with Gasteiger partial charge in [-0.15, -0.1) is 0 Å². The Morgan fingerprint density at radius 3 is 2.41 bits per heavy atom. The summed E-state index contributed by atoms with van der Waals surface area (Å²) in [6.45, 7) is 2.21. The zero-order valence-electron chi connectivity index (χ0n) is 18.3. The minimum absolute atomic E-state index is 0.0108. The van der Waals surface area contributed by atoms with E-state index in [1.54, 1.807) is 17.3 Å². The quantitative estimate of drug-likeness (QED) is 0.755. The van der Waals surface area contributed by atoms with Crippen molar-refractivity contribution in [1.82, 2.24) is 20.1 Å². The summed E-state index contributed by atoms with van der Waals surface area (Å²) in [5, 5.41) is 2.98. The van der Waals surface area contributed by atoms with Gasteiger partial charge in [-0.2, -0.15) is 0 Å². The average Bonchev–Trinajstić information content (AvgIpc) is 3.34. The van der Waals surface area contributed by atoms with E-state index in [4.69, 9.17) is 0 Å². The Bertz CT molecular complexity index is 927. The number of pyridine rings is 1. The molecule has 0 bridgehead atoms. The SMILES string of the molecule is O=C(NCc1cccnc1)C1CCN(C(=O)C2CCCN2C(=O)Cc2ccccc2)CC1. The number of nitrogens with one attached hydrogen (secondary N) is 1. The molecule has 168 valence electrons. The summed E-state index contributed by atoms with van der Waals surface area (Å²) in [5.74, 6) is -0.0218. The second-order valence-corrected chi connectivity index (χ2v) is 8.59. The van der Waals surface area contributed by atoms with Crippen molar-refractivity contribution in [2.75, 3.05) is 19.6 Å². The van der Waals surface area contributed by atoms with Gasteiger partial charge in [-0.3, -0.25) is 19.4 Å². The lowest BCUT2D eigenvalue weighted by Gasteiger charge is -2.35. The molecule has 0 saturated carbocycles. The van der Waals surface area contributed by atoms with Gasteiger partial charge in [0, 0.05) is 44.5 Å². The molecule has 2 aliphatic rings. The van der Waals surface area contributed by atoms with E-state index in [0.717, 1.165) is 17.5 Å². The fraction of sp³-hybridized carbons (Fsp3) is 0.440. The Kier molecular flexibility index (Phi) is 7.14. The topological polar surface area (TPSA) is 82.6 Å². The predicted octanol–water partition coefficient (Wildman–Crippen LogP) is 2.17. The number of hydrogen-bond acceptors (Lipinski definition) is 4. The molecule has 1 N–H and O–H groups in total. The lowest BCUT2D eigenvalue weighted by atomic mass is 9.95. The van der Waals surface area contributed by atoms with Crippen molar-refractivity contribution in [2.24, 2.45) is 5.92 Å². The van der Waals surface area contributed by atoms with Gasteiger partial charge in [0.05, 0.1) is 6.42 Å². The Balaban J connectivity index is 1.27. The summed E-state index contributed by atoms with van der Waals surface area (Å²) >= 11 is 0. The third-order valence-electron chi connectivity index (χ3n) is 6.42. The molecular formula is C25H30N4O3. The summed E-state index contributed by atoms with van der Waals surface area (Å²) in [6.07, 6.45) is 6.64. The van der Waals surface area contributed by atoms with Gasteiger partial charge < -0.3 is 15.1 Å². The number of rotatable bonds is 6. The maximum atomic E-state index is 13.2. The number of piperidine rings is 1. The summed E-state index contributed by atoms with van der Waals surface area (Å²) < 4.78 is 0. The highest BCUT2D eigenvalue weighted by atomic mass is 16.2. The molecule has 1 unspecified atom stereocenters. The fourth-order valence-electron chi connectivity index (χ4n) is 4.60. The van der Waals surface area contributed by atoms with Crippen LogP contribution in [0.1, 0.15) is 36.8 Å². The van der Waals surface area contributed by atoms with E-state index < -0.39 is 0 Å². The Labute approximate surface area is 188 Å². The highest BCUT2D eigenvalue weighted by molar-refractivity contribution is 5.89. The van der Waals surface area contributed by atoms with Crippen molar-refractivity contribution in [3.63, 3.8) is 0 Å². The normalized spacial score (nSPS) is 19.1. The molecule has 2 fully saturated rings. The first-order valence-electron chi connectivity index (χ1n) is 11.4. The molecule has 0 spiro atoms. The van der Waals surface area contributed by atoms with Gasteiger partial charge in [-0.05, 0) is 42.9 Å². The standard InChI is InChI=1S/C25H30N4O3/c30-23(16-19-6-2-1-3-7-19)29-13-5-9-22(29)25(32)28-14-10-21(11-15-28)24(31)27-18-20-8-4-12-26-17-20/h1-4,6-8,12,17,21-22H,5,9-11,13-16,18H2,(H,27,31). The predicted molar refractivity (Wildman–Crippen MR) is 120 cm³/mol. The van der Waals surface area contributed by atoms with Gasteiger partial charge in [0.25, 0.3) is 0 Å². The van der Waals surface area contributed by atoms with Crippen molar-refractivity contribution < 1.29 is 14.4 Å². The number of aromatic nitrogens is 1. The lowest BCUT2D eigenvalue weighted by molar-refractivity contribution is -0.145. The van der Waals surface area contributed by atoms with Crippen molar-refractivity contribution in [3.8, 4) is 0 Å². The van der Waals surface area contributed by atoms with Gasteiger partial charge >= 0.3 is 0 Å². The van der Waals surface area contributed by atoms with E-state index in [9.17, 15) is 14.4 Å². The van der Waals surface area contributed by atoms with Crippen LogP contribution in [0.4, 0.5) is 0 Å². The van der Waals surface area contributed by atoms with Crippen LogP contribution in [0.25, 0.3) is 0 Å². The molecule has 0 radical (unpaired) electrons. The number of carbonyl (C=O) groups excluding carboxylic acids is 3. The highest BCUT2D eigenvalue weighted by Gasteiger charge is 2.38. The van der Waals surface area contributed by atoms with Crippen LogP contribution in [0.5, 0.6) is 0 Å². The second kappa shape index (κ2) is 10.4. The van der Waals surface area contributed by atoms with Gasteiger partial charge in [0.1, 0.15) is 6.04 Å². The zero-order valence-corrected chi connectivity index (χ0v) is 18.3. The summed E-state index contributed by atoms with van der Waals surface area (Å²) in [6, 6.07) is 13.1. The van der Waals surface area contributed by atoms with Crippen LogP contribution in [0, 0.1) is 5.92 Å². The van der Waals surface area contributed by atoms with Crippen LogP contribution in [0.2, 0.25) is 0 Å². The summed E-state index contributed by atoms with van der Waals surface area (Å²) in [4.78, 5) is 46.2. The molecule has 3 heterocycles. The molecule has 4 rings (SSSR count). The molecule has 7 nitrogen and oxygen atoms in total. The fourth-order valence-corrected chi connectivity index (χ4v) is 4.60. The summed E-state index contributed by atoms with van der Waals surface area (Å²) in [5.41, 5.74) is 1.93. The van der Waals surface area contributed by atoms with Crippen molar-refractivity contribution in [3.05, 3.63) is 66.0 Å². The number of benzene rings is 1. The Morgan fingerprint density at radius 2 is 1.69 bits per heavy atom. The summed E-state index contributed by atoms with van der Waals surface area (Å²) in [7, 11) is 0. The lowest BCUT2D eigenvalue weighted by Crippen LogP contribution is -2.51. The van der Waals surface area contributed by atoms with Crippen LogP contribution in [0.15, 0.2) is 54.9 Å². The average molecular weight is 435 g/mol. The molecule has 1 atom stereocenters. The smallest absolute Gasteiger partial charge is 0.245 e. The van der Waals surface area contributed by atoms with Gasteiger partial charge in [0.15, 0.2) is 0 Å². The molecule has 7 heteroatoms. The molecule has 2 aliphatic heterocycles. The molecule has 0 aliphatic carbocycles. The van der Waals surface area contributed by atoms with Gasteiger partial charge in [-0.1, -0.05) is 36.4 Å². The van der Waals surface area contributed by atoms with Crippen LogP contribution in [0.3, 0.4) is 0 Å². The van der Waals surface area contributed by atoms with Crippen LogP contribution in [-0.2, 0) is 27.3 Å². The first-order valence-corrected chi connectivity index (χ1v) is 11.4. The number of likely N-dealkylation sites (tertiary alicyclic amines) is 2. The van der Waals surface area contributed by atoms with Crippen LogP contribution >= 0.6 is 0 Å². The Morgan fingerprint density at radius 1 is 0.938 bits per heavy atom. The van der Waals surface area contributed by atoms with Gasteiger partial charge in [-0.25, -0.2) is 0 Å². The number of amides is 3. The maximum absolute atomic E-state index is 13.2. The molecule has 2 saturated heterocycles. The van der Waals surface area contributed by atoms with E-state index in [2.05, 4.69) is 10.3 Å². The van der Waals surface area contributed by atoms with Gasteiger partial charge in [0.2, 0.25) is 17.7 Å². The van der Waals surface area contributed by atoms with Crippen molar-refractivity contribution >= 4 is 17.7 Å². The number of nitrogens with zero attached hydrogens (tertiary/aromatic N) is 3. The second-order valence-electron chi connectivity index (χ2n) is 8.59. The molecule has 1 aromatic heterocycles. The minimum atomic E-state index is -0.373. The van der Waals surface area contributed by atoms with E-state index in [1.165, 1.54) is 0 Å². The van der Waals surface area contributed by atoms with Crippen LogP contribution in [-0.4, -0.2) is 58.2 Å². The molecular weight excluding hydrogens is 404 g/mol. The van der Waals surface area contributed by atoms with Crippen molar-refractivity contribution in [1.29, 1.82) is 0 Å². The zero-order chi connectivity index (χ0) is 22.3. The largest absolute Gasteiger partial charge is 0.352 e. The minimum Gasteiger partial charge on any atom is -0.352 e.